The highest BCUT2D eigenvalue weighted by Crippen LogP contribution is 2.31. The molecule has 0 N–H and O–H groups in total. The number of benzene rings is 2. The maximum Gasteiger partial charge on any atom is 0.210 e. The van der Waals surface area contributed by atoms with Crippen LogP contribution in [0.4, 0.5) is 0 Å². The smallest absolute Gasteiger partial charge is 0.210 e. The predicted octanol–water partition coefficient (Wildman–Crippen LogP) is 3.99. The molecular formula is C22H19NO4. The number of hydrogen-bond acceptors (Lipinski definition) is 5. The topological polar surface area (TPSA) is 57.6 Å². The van der Waals surface area contributed by atoms with E-state index in [4.69, 9.17) is 14.2 Å². The van der Waals surface area contributed by atoms with Crippen LogP contribution in [0.1, 0.15) is 21.6 Å². The number of carbonyl (C=O) groups is 1. The molecule has 0 amide bonds. The summed E-state index contributed by atoms with van der Waals surface area (Å²) in [6, 6.07) is 18.7. The predicted molar refractivity (Wildman–Crippen MR) is 100 cm³/mol. The van der Waals surface area contributed by atoms with E-state index < -0.39 is 6.10 Å². The molecule has 3 aromatic rings. The summed E-state index contributed by atoms with van der Waals surface area (Å²) in [6.07, 6.45) is 0.984. The number of rotatable bonds is 5. The first-order valence-corrected chi connectivity index (χ1v) is 8.77. The molecule has 4 rings (SSSR count). The fourth-order valence-corrected chi connectivity index (χ4v) is 2.91. The monoisotopic (exact) mass is 361 g/mol. The van der Waals surface area contributed by atoms with Crippen LogP contribution in [0.3, 0.4) is 0 Å². The first-order valence-electron chi connectivity index (χ1n) is 8.77. The average molecular weight is 361 g/mol. The van der Waals surface area contributed by atoms with Crippen molar-refractivity contribution in [3.05, 3.63) is 83.7 Å². The minimum absolute atomic E-state index is 0.121. The van der Waals surface area contributed by atoms with Gasteiger partial charge in [-0.1, -0.05) is 30.3 Å². The van der Waals surface area contributed by atoms with Gasteiger partial charge in [-0.3, -0.25) is 9.78 Å². The molecule has 136 valence electrons. The minimum Gasteiger partial charge on any atom is -0.489 e. The molecule has 2 heterocycles. The van der Waals surface area contributed by atoms with Crippen LogP contribution < -0.4 is 14.2 Å². The normalized spacial score (nSPS) is 15.6. The van der Waals surface area contributed by atoms with Gasteiger partial charge in [0, 0.05) is 6.20 Å². The summed E-state index contributed by atoms with van der Waals surface area (Å²) in [5.41, 5.74) is 2.26. The molecular weight excluding hydrogens is 342 g/mol. The largest absolute Gasteiger partial charge is 0.489 e. The zero-order chi connectivity index (χ0) is 18.6. The zero-order valence-electron chi connectivity index (χ0n) is 14.9. The Bertz CT molecular complexity index is 956. The van der Waals surface area contributed by atoms with Gasteiger partial charge in [-0.05, 0) is 42.8 Å². The third kappa shape index (κ3) is 3.77. The molecule has 1 aliphatic heterocycles. The number of aromatic nitrogens is 1. The van der Waals surface area contributed by atoms with Gasteiger partial charge in [0.05, 0.1) is 11.3 Å². The summed E-state index contributed by atoms with van der Waals surface area (Å²) < 4.78 is 17.4. The van der Waals surface area contributed by atoms with Crippen LogP contribution in [-0.4, -0.2) is 23.5 Å². The Labute approximate surface area is 157 Å². The number of ether oxygens (including phenoxy) is 3. The fraction of sp³-hybridized carbons (Fsp3) is 0.182. The second-order valence-corrected chi connectivity index (χ2v) is 6.30. The van der Waals surface area contributed by atoms with E-state index in [1.165, 1.54) is 0 Å². The Balaban J connectivity index is 1.50. The Morgan fingerprint density at radius 2 is 1.96 bits per heavy atom. The molecule has 1 unspecified atom stereocenters. The highest BCUT2D eigenvalue weighted by Gasteiger charge is 2.31. The molecule has 1 aliphatic rings. The first kappa shape index (κ1) is 17.1. The van der Waals surface area contributed by atoms with Crippen molar-refractivity contribution in [1.29, 1.82) is 0 Å². The standard InChI is InChI=1S/C22H19NO4/c1-15-19(8-5-11-23-15)27-21-14-26-20-10-9-17(12-18(20)22(21)24)25-13-16-6-3-2-4-7-16/h2-12,21H,13-14H2,1H3. The molecule has 0 saturated carbocycles. The third-order valence-corrected chi connectivity index (χ3v) is 4.38. The molecule has 0 bridgehead atoms. The van der Waals surface area contributed by atoms with Gasteiger partial charge in [-0.2, -0.15) is 0 Å². The molecule has 1 atom stereocenters. The number of Topliss-reactive ketones (excluding diaryl/α,β-unsaturated/α-hetero) is 1. The van der Waals surface area contributed by atoms with Crippen molar-refractivity contribution >= 4 is 5.78 Å². The lowest BCUT2D eigenvalue weighted by atomic mass is 10.0. The van der Waals surface area contributed by atoms with Crippen molar-refractivity contribution in [2.24, 2.45) is 0 Å². The van der Waals surface area contributed by atoms with Crippen LogP contribution in [0, 0.1) is 6.92 Å². The van der Waals surface area contributed by atoms with Crippen LogP contribution in [0.5, 0.6) is 17.2 Å². The summed E-state index contributed by atoms with van der Waals surface area (Å²) in [7, 11) is 0. The van der Waals surface area contributed by atoms with E-state index in [0.29, 0.717) is 29.4 Å². The van der Waals surface area contributed by atoms with Crippen molar-refractivity contribution in [2.75, 3.05) is 6.61 Å². The molecule has 0 spiro atoms. The van der Waals surface area contributed by atoms with E-state index in [1.54, 1.807) is 30.5 Å². The lowest BCUT2D eigenvalue weighted by molar-refractivity contribution is 0.0625. The van der Waals surface area contributed by atoms with E-state index in [2.05, 4.69) is 4.98 Å². The van der Waals surface area contributed by atoms with E-state index in [0.717, 1.165) is 11.3 Å². The average Bonchev–Trinajstić information content (AvgIpc) is 2.71. The number of nitrogens with zero attached hydrogens (tertiary/aromatic N) is 1. The van der Waals surface area contributed by atoms with E-state index in [1.807, 2.05) is 43.3 Å². The number of pyridine rings is 1. The Hall–Kier alpha value is -3.34. The van der Waals surface area contributed by atoms with Gasteiger partial charge in [0.25, 0.3) is 0 Å². The molecule has 1 aromatic heterocycles. The van der Waals surface area contributed by atoms with Gasteiger partial charge in [0.1, 0.15) is 30.5 Å². The third-order valence-electron chi connectivity index (χ3n) is 4.38. The molecule has 27 heavy (non-hydrogen) atoms. The van der Waals surface area contributed by atoms with Crippen molar-refractivity contribution in [3.8, 4) is 17.2 Å². The first-order chi connectivity index (χ1) is 13.2. The lowest BCUT2D eigenvalue weighted by Crippen LogP contribution is -2.37. The maximum atomic E-state index is 12.9. The second-order valence-electron chi connectivity index (χ2n) is 6.30. The lowest BCUT2D eigenvalue weighted by Gasteiger charge is -2.25. The molecule has 5 nitrogen and oxygen atoms in total. The Morgan fingerprint density at radius 1 is 1.11 bits per heavy atom. The second kappa shape index (κ2) is 7.50. The van der Waals surface area contributed by atoms with Crippen molar-refractivity contribution in [2.45, 2.75) is 19.6 Å². The fourth-order valence-electron chi connectivity index (χ4n) is 2.91. The van der Waals surface area contributed by atoms with Gasteiger partial charge in [-0.15, -0.1) is 0 Å². The summed E-state index contributed by atoms with van der Waals surface area (Å²) in [4.78, 5) is 17.1. The highest BCUT2D eigenvalue weighted by atomic mass is 16.5. The van der Waals surface area contributed by atoms with Crippen molar-refractivity contribution in [1.82, 2.24) is 4.98 Å². The van der Waals surface area contributed by atoms with Crippen molar-refractivity contribution < 1.29 is 19.0 Å². The van der Waals surface area contributed by atoms with E-state index >= 15 is 0 Å². The summed E-state index contributed by atoms with van der Waals surface area (Å²) >= 11 is 0. The maximum absolute atomic E-state index is 12.9. The van der Waals surface area contributed by atoms with E-state index in [9.17, 15) is 4.79 Å². The number of carbonyl (C=O) groups excluding carboxylic acids is 1. The number of fused-ring (bicyclic) bond motifs is 1. The van der Waals surface area contributed by atoms with Gasteiger partial charge < -0.3 is 14.2 Å². The summed E-state index contributed by atoms with van der Waals surface area (Å²) in [6.45, 7) is 2.45. The quantitative estimate of drug-likeness (QED) is 0.688. The van der Waals surface area contributed by atoms with E-state index in [-0.39, 0.29) is 12.4 Å². The van der Waals surface area contributed by atoms with Gasteiger partial charge >= 0.3 is 0 Å². The van der Waals surface area contributed by atoms with Gasteiger partial charge in [0.15, 0.2) is 6.10 Å². The number of ketones is 1. The van der Waals surface area contributed by atoms with Gasteiger partial charge in [0.2, 0.25) is 5.78 Å². The van der Waals surface area contributed by atoms with Crippen LogP contribution in [0.2, 0.25) is 0 Å². The number of aryl methyl sites for hydroxylation is 1. The van der Waals surface area contributed by atoms with Crippen LogP contribution in [0.25, 0.3) is 0 Å². The Morgan fingerprint density at radius 3 is 2.78 bits per heavy atom. The molecule has 2 aromatic carbocycles. The van der Waals surface area contributed by atoms with Crippen LogP contribution >= 0.6 is 0 Å². The summed E-state index contributed by atoms with van der Waals surface area (Å²) in [5, 5.41) is 0. The SMILES string of the molecule is Cc1ncccc1OC1COc2ccc(OCc3ccccc3)cc2C1=O. The molecule has 0 aliphatic carbocycles. The zero-order valence-corrected chi connectivity index (χ0v) is 14.9. The van der Waals surface area contributed by atoms with Crippen LogP contribution in [0.15, 0.2) is 66.9 Å². The minimum atomic E-state index is -0.704. The van der Waals surface area contributed by atoms with Gasteiger partial charge in [-0.25, -0.2) is 0 Å². The summed E-state index contributed by atoms with van der Waals surface area (Å²) in [5.74, 6) is 1.63. The Kier molecular flexibility index (Phi) is 4.75. The number of hydrogen-bond donors (Lipinski definition) is 0. The highest BCUT2D eigenvalue weighted by molar-refractivity contribution is 6.03. The molecule has 0 fully saturated rings. The van der Waals surface area contributed by atoms with Crippen molar-refractivity contribution in [3.63, 3.8) is 0 Å². The molecule has 0 saturated heterocycles. The van der Waals surface area contributed by atoms with Crippen LogP contribution in [-0.2, 0) is 6.61 Å². The molecule has 5 heteroatoms. The molecule has 0 radical (unpaired) electrons.